The van der Waals surface area contributed by atoms with Gasteiger partial charge in [0.1, 0.15) is 28.6 Å². The number of aliphatic hydroxyl groups excluding tert-OH is 2. The first kappa shape index (κ1) is 34.9. The zero-order valence-corrected chi connectivity index (χ0v) is 28.1. The first-order valence-electron chi connectivity index (χ1n) is 15.9. The summed E-state index contributed by atoms with van der Waals surface area (Å²) < 4.78 is 11.1. The first-order valence-corrected chi connectivity index (χ1v) is 15.9. The van der Waals surface area contributed by atoms with Gasteiger partial charge in [0.05, 0.1) is 50.2 Å². The van der Waals surface area contributed by atoms with Crippen molar-refractivity contribution in [2.45, 2.75) is 13.2 Å². The molecule has 0 atom stereocenters. The Hall–Kier alpha value is -6.90. The Morgan fingerprint density at radius 2 is 1.17 bits per heavy atom. The van der Waals surface area contributed by atoms with Crippen LogP contribution in [0.1, 0.15) is 11.1 Å². The molecule has 262 valence electrons. The SMILES string of the molecule is COc1cc(N=Nc2ccccc2)c(CO)cc1N=Nc1cc(OC)c(N=Nc2ccc3cc(NOc4ccc(N)cc4)ccc3c2O)cc1CO. The molecule has 0 aromatic heterocycles. The Morgan fingerprint density at radius 3 is 1.77 bits per heavy atom. The van der Waals surface area contributed by atoms with E-state index < -0.39 is 6.61 Å². The lowest BCUT2D eigenvalue weighted by atomic mass is 10.1. The molecule has 0 aliphatic rings. The fourth-order valence-electron chi connectivity index (χ4n) is 5.05. The second kappa shape index (κ2) is 16.2. The van der Waals surface area contributed by atoms with Crippen molar-refractivity contribution in [1.82, 2.24) is 0 Å². The van der Waals surface area contributed by atoms with Gasteiger partial charge in [0, 0.05) is 34.3 Å². The van der Waals surface area contributed by atoms with Crippen LogP contribution in [-0.4, -0.2) is 29.5 Å². The summed E-state index contributed by atoms with van der Waals surface area (Å²) in [5.74, 6) is 1.17. The lowest BCUT2D eigenvalue weighted by Crippen LogP contribution is -2.04. The van der Waals surface area contributed by atoms with Crippen LogP contribution in [0.2, 0.25) is 0 Å². The number of fused-ring (bicyclic) bond motifs is 1. The summed E-state index contributed by atoms with van der Waals surface area (Å²) in [5, 5.41) is 58.4. The van der Waals surface area contributed by atoms with Crippen molar-refractivity contribution in [3.63, 3.8) is 0 Å². The maximum atomic E-state index is 11.0. The minimum Gasteiger partial charge on any atom is -0.505 e. The minimum atomic E-state index is -0.391. The van der Waals surface area contributed by atoms with E-state index in [2.05, 4.69) is 36.2 Å². The lowest BCUT2D eigenvalue weighted by molar-refractivity contribution is 0.282. The average molecular weight is 699 g/mol. The van der Waals surface area contributed by atoms with Gasteiger partial charge in [0.2, 0.25) is 0 Å². The van der Waals surface area contributed by atoms with Crippen LogP contribution in [0.3, 0.4) is 0 Å². The van der Waals surface area contributed by atoms with Crippen molar-refractivity contribution < 1.29 is 29.6 Å². The van der Waals surface area contributed by atoms with Crippen LogP contribution in [0, 0.1) is 0 Å². The normalized spacial score (nSPS) is 11.5. The number of rotatable bonds is 13. The Balaban J connectivity index is 1.22. The lowest BCUT2D eigenvalue weighted by Gasteiger charge is -2.11. The molecule has 0 spiro atoms. The zero-order valence-electron chi connectivity index (χ0n) is 28.1. The third-order valence-corrected chi connectivity index (χ3v) is 7.80. The monoisotopic (exact) mass is 698 g/mol. The van der Waals surface area contributed by atoms with Gasteiger partial charge in [-0.2, -0.15) is 10.2 Å². The molecule has 0 radical (unpaired) electrons. The molecule has 6 aromatic carbocycles. The molecule has 0 saturated carbocycles. The van der Waals surface area contributed by atoms with E-state index in [1.807, 2.05) is 36.4 Å². The van der Waals surface area contributed by atoms with E-state index in [0.717, 1.165) is 5.39 Å². The molecule has 6 rings (SSSR count). The smallest absolute Gasteiger partial charge is 0.155 e. The minimum absolute atomic E-state index is 0.0669. The fraction of sp³-hybridized carbons (Fsp3) is 0.105. The number of azo groups is 3. The highest BCUT2D eigenvalue weighted by Gasteiger charge is 2.14. The van der Waals surface area contributed by atoms with E-state index >= 15 is 0 Å². The number of hydrogen-bond donors (Lipinski definition) is 5. The van der Waals surface area contributed by atoms with Gasteiger partial charge in [-0.1, -0.05) is 24.3 Å². The largest absolute Gasteiger partial charge is 0.505 e. The van der Waals surface area contributed by atoms with Crippen molar-refractivity contribution in [3.05, 3.63) is 120 Å². The molecule has 6 N–H and O–H groups in total. The Kier molecular flexibility index (Phi) is 10.9. The van der Waals surface area contributed by atoms with E-state index in [1.54, 1.807) is 72.8 Å². The van der Waals surface area contributed by atoms with E-state index in [-0.39, 0.29) is 23.7 Å². The molecule has 0 aliphatic carbocycles. The summed E-state index contributed by atoms with van der Waals surface area (Å²) in [5.41, 5.74) is 13.0. The van der Waals surface area contributed by atoms with Gasteiger partial charge in [-0.3, -0.25) is 0 Å². The van der Waals surface area contributed by atoms with E-state index in [9.17, 15) is 15.3 Å². The van der Waals surface area contributed by atoms with Gasteiger partial charge in [-0.25, -0.2) is 5.48 Å². The standard InChI is InChI=1S/C38H34N8O6/c1-50-36-19-32(42-40-27-6-4-3-5-7-27)24(21-47)17-35(36)45-43-33-20-37(51-2)34(18-25(33)22-48)44-41-31-15-8-23-16-28(11-14-30(23)38(31)49)46-52-29-12-9-26(39)10-13-29/h3-20,46-49H,21-22,39H2,1-2H3. The quantitative estimate of drug-likeness (QED) is 0.0445. The Bertz CT molecular complexity index is 2280. The van der Waals surface area contributed by atoms with Gasteiger partial charge in [-0.15, -0.1) is 20.5 Å². The number of phenolic OH excluding ortho intramolecular Hbond substituents is 1. The highest BCUT2D eigenvalue weighted by Crippen LogP contribution is 2.41. The third-order valence-electron chi connectivity index (χ3n) is 7.80. The number of methoxy groups -OCH3 is 2. The second-order valence-electron chi connectivity index (χ2n) is 11.2. The molecule has 6 aromatic rings. The number of benzene rings is 6. The molecular formula is C38H34N8O6. The zero-order chi connectivity index (χ0) is 36.5. The number of nitrogens with two attached hydrogens (primary N) is 1. The summed E-state index contributed by atoms with van der Waals surface area (Å²) in [6.07, 6.45) is 0. The molecule has 0 fully saturated rings. The van der Waals surface area contributed by atoms with Crippen LogP contribution in [0.25, 0.3) is 10.8 Å². The molecule has 0 unspecified atom stereocenters. The maximum absolute atomic E-state index is 11.0. The topological polar surface area (TPSA) is 201 Å². The van der Waals surface area contributed by atoms with E-state index in [0.29, 0.717) is 67.9 Å². The summed E-state index contributed by atoms with van der Waals surface area (Å²) in [4.78, 5) is 5.60. The second-order valence-corrected chi connectivity index (χ2v) is 11.2. The van der Waals surface area contributed by atoms with Crippen LogP contribution >= 0.6 is 0 Å². The summed E-state index contributed by atoms with van der Waals surface area (Å²) in [6.45, 7) is -0.714. The first-order chi connectivity index (χ1) is 25.4. The highest BCUT2D eigenvalue weighted by atomic mass is 16.6. The van der Waals surface area contributed by atoms with Crippen molar-refractivity contribution in [3.8, 4) is 23.0 Å². The number of phenols is 1. The molecule has 14 nitrogen and oxygen atoms in total. The molecule has 0 amide bonds. The van der Waals surface area contributed by atoms with Crippen molar-refractivity contribution in [2.75, 3.05) is 25.4 Å². The van der Waals surface area contributed by atoms with Crippen LogP contribution < -0.4 is 25.5 Å². The predicted molar refractivity (Wildman–Crippen MR) is 198 cm³/mol. The number of anilines is 2. The number of aliphatic hydroxyl groups is 2. The Morgan fingerprint density at radius 1 is 0.596 bits per heavy atom. The summed E-state index contributed by atoms with van der Waals surface area (Å²) in [7, 11) is 2.94. The summed E-state index contributed by atoms with van der Waals surface area (Å²) >= 11 is 0. The average Bonchev–Trinajstić information content (AvgIpc) is 3.18. The Labute approximate surface area is 298 Å². The van der Waals surface area contributed by atoms with Gasteiger partial charge < -0.3 is 35.4 Å². The highest BCUT2D eigenvalue weighted by molar-refractivity contribution is 5.94. The molecule has 0 aliphatic heterocycles. The fourth-order valence-corrected chi connectivity index (χ4v) is 5.05. The number of hydrogen-bond acceptors (Lipinski definition) is 14. The van der Waals surface area contributed by atoms with Crippen molar-refractivity contribution in [2.24, 2.45) is 30.7 Å². The number of nitrogens with zero attached hydrogens (tertiary/aromatic N) is 6. The van der Waals surface area contributed by atoms with Crippen LogP contribution in [-0.2, 0) is 13.2 Å². The van der Waals surface area contributed by atoms with Crippen molar-refractivity contribution >= 4 is 56.3 Å². The van der Waals surface area contributed by atoms with Crippen LogP contribution in [0.5, 0.6) is 23.0 Å². The third kappa shape index (κ3) is 8.10. The number of aromatic hydroxyl groups is 1. The van der Waals surface area contributed by atoms with Crippen LogP contribution in [0.15, 0.2) is 140 Å². The van der Waals surface area contributed by atoms with E-state index in [4.69, 9.17) is 20.0 Å². The number of nitrogens with one attached hydrogen (secondary N) is 1. The molecule has 14 heteroatoms. The van der Waals surface area contributed by atoms with E-state index in [1.165, 1.54) is 14.2 Å². The van der Waals surface area contributed by atoms with Gasteiger partial charge >= 0.3 is 0 Å². The molecule has 0 heterocycles. The maximum Gasteiger partial charge on any atom is 0.155 e. The van der Waals surface area contributed by atoms with Crippen LogP contribution in [0.4, 0.5) is 45.5 Å². The molecule has 0 saturated heterocycles. The van der Waals surface area contributed by atoms with Crippen molar-refractivity contribution in [1.29, 1.82) is 0 Å². The molecule has 0 bridgehead atoms. The molecule has 52 heavy (non-hydrogen) atoms. The predicted octanol–water partition coefficient (Wildman–Crippen LogP) is 9.78. The van der Waals surface area contributed by atoms with Gasteiger partial charge in [0.25, 0.3) is 0 Å². The molecular weight excluding hydrogens is 664 g/mol. The summed E-state index contributed by atoms with van der Waals surface area (Å²) in [6, 6.07) is 31.3. The number of ether oxygens (including phenoxy) is 2. The van der Waals surface area contributed by atoms with Gasteiger partial charge in [-0.05, 0) is 78.2 Å². The number of nitrogen functional groups attached to an aromatic ring is 1. The van der Waals surface area contributed by atoms with Gasteiger partial charge in [0.15, 0.2) is 11.5 Å².